The summed E-state index contributed by atoms with van der Waals surface area (Å²) >= 11 is 0. The summed E-state index contributed by atoms with van der Waals surface area (Å²) in [6.45, 7) is 15.9. The Kier molecular flexibility index (Phi) is 5.19. The average molecular weight is 198 g/mol. The van der Waals surface area contributed by atoms with Gasteiger partial charge >= 0.3 is 0 Å². The van der Waals surface area contributed by atoms with Crippen molar-refractivity contribution in [3.05, 3.63) is 0 Å². The fraction of sp³-hybridized carbons (Fsp3) is 1.00. The normalized spacial score (nSPS) is 22.3. The largest absolute Gasteiger partial charge is 0.0683 e. The minimum Gasteiger partial charge on any atom is -0.0683 e. The van der Waals surface area contributed by atoms with E-state index in [4.69, 9.17) is 0 Å². The van der Waals surface area contributed by atoms with E-state index in [1.807, 2.05) is 13.8 Å². The summed E-state index contributed by atoms with van der Waals surface area (Å²) in [6, 6.07) is 0. The first-order valence-electron chi connectivity index (χ1n) is 6.48. The van der Waals surface area contributed by atoms with Crippen LogP contribution in [-0.2, 0) is 0 Å². The maximum absolute atomic E-state index is 2.46. The predicted octanol–water partition coefficient (Wildman–Crippen LogP) is 5.28. The van der Waals surface area contributed by atoms with Crippen molar-refractivity contribution in [3.63, 3.8) is 0 Å². The Hall–Kier alpha value is 0. The van der Waals surface area contributed by atoms with E-state index >= 15 is 0 Å². The Morgan fingerprint density at radius 2 is 1.36 bits per heavy atom. The predicted molar refractivity (Wildman–Crippen MR) is 66.5 cm³/mol. The molecule has 0 N–H and O–H groups in total. The van der Waals surface area contributed by atoms with Gasteiger partial charge in [0.05, 0.1) is 0 Å². The zero-order chi connectivity index (χ0) is 11.4. The Morgan fingerprint density at radius 3 is 1.57 bits per heavy atom. The van der Waals surface area contributed by atoms with Gasteiger partial charge in [0.25, 0.3) is 0 Å². The van der Waals surface area contributed by atoms with Crippen molar-refractivity contribution in [1.82, 2.24) is 0 Å². The minimum absolute atomic E-state index is 0.659. The molecule has 0 radical (unpaired) electrons. The molecule has 0 aliphatic heterocycles. The maximum atomic E-state index is 2.46. The lowest BCUT2D eigenvalue weighted by Gasteiger charge is -2.57. The summed E-state index contributed by atoms with van der Waals surface area (Å²) in [5.41, 5.74) is 1.38. The Morgan fingerprint density at radius 1 is 1.00 bits per heavy atom. The van der Waals surface area contributed by atoms with Gasteiger partial charge in [-0.05, 0) is 29.6 Å². The fourth-order valence-corrected chi connectivity index (χ4v) is 2.82. The van der Waals surface area contributed by atoms with Crippen LogP contribution in [0.15, 0.2) is 0 Å². The van der Waals surface area contributed by atoms with Crippen LogP contribution in [0.1, 0.15) is 74.1 Å². The monoisotopic (exact) mass is 198 g/mol. The Labute approximate surface area is 91.5 Å². The molecule has 0 amide bonds. The van der Waals surface area contributed by atoms with Gasteiger partial charge < -0.3 is 0 Å². The van der Waals surface area contributed by atoms with Crippen molar-refractivity contribution in [1.29, 1.82) is 0 Å². The van der Waals surface area contributed by atoms with E-state index in [1.54, 1.807) is 0 Å². The highest BCUT2D eigenvalue weighted by molar-refractivity contribution is 5.00. The van der Waals surface area contributed by atoms with Crippen LogP contribution in [0, 0.1) is 16.7 Å². The first kappa shape index (κ1) is 14.0. The van der Waals surface area contributed by atoms with Gasteiger partial charge in [-0.25, -0.2) is 0 Å². The van der Waals surface area contributed by atoms with E-state index in [-0.39, 0.29) is 0 Å². The van der Waals surface area contributed by atoms with Gasteiger partial charge in [0.1, 0.15) is 0 Å². The van der Waals surface area contributed by atoms with Crippen LogP contribution in [0.3, 0.4) is 0 Å². The molecule has 0 atom stereocenters. The van der Waals surface area contributed by atoms with Crippen molar-refractivity contribution >= 4 is 0 Å². The second-order valence-electron chi connectivity index (χ2n) is 5.37. The third kappa shape index (κ3) is 2.52. The lowest BCUT2D eigenvalue weighted by atomic mass is 9.48. The van der Waals surface area contributed by atoms with Gasteiger partial charge in [0.2, 0.25) is 0 Å². The van der Waals surface area contributed by atoms with Crippen LogP contribution in [0.5, 0.6) is 0 Å². The maximum Gasteiger partial charge on any atom is -0.0292 e. The first-order valence-corrected chi connectivity index (χ1v) is 6.48. The summed E-state index contributed by atoms with van der Waals surface area (Å²) < 4.78 is 0. The van der Waals surface area contributed by atoms with Gasteiger partial charge in [-0.15, -0.1) is 0 Å². The molecule has 1 rings (SSSR count). The number of hydrogen-bond donors (Lipinski definition) is 0. The molecule has 0 saturated heterocycles. The summed E-state index contributed by atoms with van der Waals surface area (Å²) in [5.74, 6) is 0.865. The molecule has 0 unspecified atom stereocenters. The lowest BCUT2D eigenvalue weighted by molar-refractivity contribution is -0.0655. The fourth-order valence-electron chi connectivity index (χ4n) is 2.82. The van der Waals surface area contributed by atoms with E-state index in [2.05, 4.69) is 34.6 Å². The third-order valence-corrected chi connectivity index (χ3v) is 4.45. The molecule has 0 spiro atoms. The van der Waals surface area contributed by atoms with E-state index in [1.165, 1.54) is 25.7 Å². The van der Waals surface area contributed by atoms with Crippen molar-refractivity contribution in [2.75, 3.05) is 0 Å². The Bertz CT molecular complexity index is 141. The highest BCUT2D eigenvalue weighted by atomic mass is 14.5. The van der Waals surface area contributed by atoms with Crippen molar-refractivity contribution in [3.8, 4) is 0 Å². The molecule has 0 aromatic rings. The van der Waals surface area contributed by atoms with E-state index in [0.717, 1.165) is 11.3 Å². The van der Waals surface area contributed by atoms with Gasteiger partial charge in [0, 0.05) is 0 Å². The van der Waals surface area contributed by atoms with E-state index in [9.17, 15) is 0 Å². The molecule has 0 aromatic heterocycles. The number of hydrogen-bond acceptors (Lipinski definition) is 0. The summed E-state index contributed by atoms with van der Waals surface area (Å²) in [5, 5.41) is 0. The molecule has 86 valence electrons. The van der Waals surface area contributed by atoms with Crippen LogP contribution >= 0.6 is 0 Å². The van der Waals surface area contributed by atoms with Crippen molar-refractivity contribution in [2.45, 2.75) is 74.1 Å². The molecule has 1 aliphatic rings. The SMILES string of the molecule is CC.CCC1(CC)CC(C)(C(C)C)C1. The summed E-state index contributed by atoms with van der Waals surface area (Å²) in [6.07, 6.45) is 5.69. The van der Waals surface area contributed by atoms with E-state index < -0.39 is 0 Å². The molecule has 1 fully saturated rings. The third-order valence-electron chi connectivity index (χ3n) is 4.45. The Balaban J connectivity index is 0.000000791. The second-order valence-corrected chi connectivity index (χ2v) is 5.37. The molecule has 0 bridgehead atoms. The molecule has 0 aromatic carbocycles. The van der Waals surface area contributed by atoms with Crippen LogP contribution in [0.25, 0.3) is 0 Å². The van der Waals surface area contributed by atoms with E-state index in [0.29, 0.717) is 5.41 Å². The van der Waals surface area contributed by atoms with Crippen LogP contribution < -0.4 is 0 Å². The molecule has 14 heavy (non-hydrogen) atoms. The topological polar surface area (TPSA) is 0 Å². The standard InChI is InChI=1S/C12H24.C2H6/c1-6-12(7-2)8-11(5,9-12)10(3)4;1-2/h10H,6-9H2,1-5H3;1-2H3. The van der Waals surface area contributed by atoms with Crippen LogP contribution in [0.2, 0.25) is 0 Å². The molecule has 0 heterocycles. The zero-order valence-electron chi connectivity index (χ0n) is 11.4. The van der Waals surface area contributed by atoms with Gasteiger partial charge in [-0.1, -0.05) is 61.3 Å². The van der Waals surface area contributed by atoms with Crippen LogP contribution in [0.4, 0.5) is 0 Å². The zero-order valence-corrected chi connectivity index (χ0v) is 11.4. The summed E-state index contributed by atoms with van der Waals surface area (Å²) in [7, 11) is 0. The summed E-state index contributed by atoms with van der Waals surface area (Å²) in [4.78, 5) is 0. The molecular formula is C14H30. The molecule has 0 nitrogen and oxygen atoms in total. The van der Waals surface area contributed by atoms with Gasteiger partial charge in [-0.3, -0.25) is 0 Å². The first-order chi connectivity index (χ1) is 6.48. The molecular weight excluding hydrogens is 168 g/mol. The highest BCUT2D eigenvalue weighted by Crippen LogP contribution is 2.61. The van der Waals surface area contributed by atoms with Crippen LogP contribution in [-0.4, -0.2) is 0 Å². The number of rotatable bonds is 3. The highest BCUT2D eigenvalue weighted by Gasteiger charge is 2.50. The average Bonchev–Trinajstić information content (AvgIpc) is 2.15. The van der Waals surface area contributed by atoms with Gasteiger partial charge in [0.15, 0.2) is 0 Å². The quantitative estimate of drug-likeness (QED) is 0.579. The smallest absolute Gasteiger partial charge is 0.0292 e. The lowest BCUT2D eigenvalue weighted by Crippen LogP contribution is -2.47. The molecule has 1 saturated carbocycles. The molecule has 1 aliphatic carbocycles. The van der Waals surface area contributed by atoms with Crippen molar-refractivity contribution in [2.24, 2.45) is 16.7 Å². The van der Waals surface area contributed by atoms with Gasteiger partial charge in [-0.2, -0.15) is 0 Å². The molecule has 0 heteroatoms. The minimum atomic E-state index is 0.659. The second kappa shape index (κ2) is 5.19. The van der Waals surface area contributed by atoms with Crippen molar-refractivity contribution < 1.29 is 0 Å².